The van der Waals surface area contributed by atoms with E-state index in [9.17, 15) is 0 Å². The molecule has 1 heteroatoms. The highest BCUT2D eigenvalue weighted by atomic mass is 14.9. The van der Waals surface area contributed by atoms with Crippen molar-refractivity contribution in [3.05, 3.63) is 29.3 Å². The van der Waals surface area contributed by atoms with Gasteiger partial charge in [-0.3, -0.25) is 0 Å². The van der Waals surface area contributed by atoms with E-state index in [0.717, 1.165) is 6.54 Å². The van der Waals surface area contributed by atoms with Crippen LogP contribution in [0.25, 0.3) is 0 Å². The van der Waals surface area contributed by atoms with Crippen molar-refractivity contribution >= 4 is 5.69 Å². The van der Waals surface area contributed by atoms with Gasteiger partial charge in [0.2, 0.25) is 0 Å². The average Bonchev–Trinajstić information content (AvgIpc) is 2.28. The summed E-state index contributed by atoms with van der Waals surface area (Å²) in [7, 11) is 0. The van der Waals surface area contributed by atoms with Crippen molar-refractivity contribution in [2.24, 2.45) is 5.41 Å². The number of nitrogens with one attached hydrogen (secondary N) is 1. The first kappa shape index (κ1) is 12.5. The fourth-order valence-electron chi connectivity index (χ4n) is 2.52. The number of anilines is 1. The molecular formula is C16H25N. The maximum atomic E-state index is 3.63. The van der Waals surface area contributed by atoms with Crippen LogP contribution in [0.15, 0.2) is 18.2 Å². The largest absolute Gasteiger partial charge is 0.385 e. The maximum Gasteiger partial charge on any atom is 0.0375 e. The molecule has 0 atom stereocenters. The fourth-order valence-corrected chi connectivity index (χ4v) is 2.52. The molecule has 0 fully saturated rings. The number of hydrogen-bond donors (Lipinski definition) is 1. The maximum absolute atomic E-state index is 3.63. The molecule has 0 saturated carbocycles. The second-order valence-corrected chi connectivity index (χ2v) is 6.39. The fraction of sp³-hybridized carbons (Fsp3) is 0.625. The normalized spacial score (nSPS) is 15.5. The highest BCUT2D eigenvalue weighted by molar-refractivity contribution is 5.55. The highest BCUT2D eigenvalue weighted by Gasteiger charge is 2.13. The lowest BCUT2D eigenvalue weighted by Crippen LogP contribution is -2.15. The number of rotatable bonds is 3. The van der Waals surface area contributed by atoms with Crippen molar-refractivity contribution < 1.29 is 0 Å². The van der Waals surface area contributed by atoms with Gasteiger partial charge in [0.1, 0.15) is 0 Å². The molecule has 2 rings (SSSR count). The Kier molecular flexibility index (Phi) is 3.76. The Morgan fingerprint density at radius 1 is 1.12 bits per heavy atom. The lowest BCUT2D eigenvalue weighted by Gasteiger charge is -2.22. The number of benzene rings is 1. The quantitative estimate of drug-likeness (QED) is 0.812. The molecule has 1 aromatic carbocycles. The molecular weight excluding hydrogens is 206 g/mol. The molecule has 0 bridgehead atoms. The number of hydrogen-bond acceptors (Lipinski definition) is 1. The zero-order chi connectivity index (χ0) is 12.3. The molecule has 0 heterocycles. The molecule has 0 radical (unpaired) electrons. The molecule has 1 N–H and O–H groups in total. The van der Waals surface area contributed by atoms with E-state index in [1.165, 1.54) is 37.8 Å². The first-order valence-electron chi connectivity index (χ1n) is 6.91. The third kappa shape index (κ3) is 3.49. The Hall–Kier alpha value is -0.980. The summed E-state index contributed by atoms with van der Waals surface area (Å²) >= 11 is 0. The van der Waals surface area contributed by atoms with E-state index < -0.39 is 0 Å². The number of fused-ring (bicyclic) bond motifs is 1. The van der Waals surface area contributed by atoms with Crippen LogP contribution in [0, 0.1) is 5.41 Å². The summed E-state index contributed by atoms with van der Waals surface area (Å²) in [6, 6.07) is 6.74. The zero-order valence-electron chi connectivity index (χ0n) is 11.5. The SMILES string of the molecule is CC(C)(C)CCNc1cccc2c1CCCC2. The van der Waals surface area contributed by atoms with Crippen LogP contribution < -0.4 is 5.32 Å². The molecule has 17 heavy (non-hydrogen) atoms. The van der Waals surface area contributed by atoms with Crippen molar-refractivity contribution in [1.82, 2.24) is 0 Å². The molecule has 1 aromatic rings. The molecule has 0 aromatic heterocycles. The van der Waals surface area contributed by atoms with E-state index >= 15 is 0 Å². The zero-order valence-corrected chi connectivity index (χ0v) is 11.5. The van der Waals surface area contributed by atoms with Gasteiger partial charge in [-0.1, -0.05) is 32.9 Å². The Bertz CT molecular complexity index is 374. The molecule has 0 amide bonds. The van der Waals surface area contributed by atoms with E-state index in [2.05, 4.69) is 44.3 Å². The van der Waals surface area contributed by atoms with Gasteiger partial charge < -0.3 is 5.32 Å². The molecule has 1 aliphatic carbocycles. The monoisotopic (exact) mass is 231 g/mol. The molecule has 1 aliphatic rings. The predicted octanol–water partition coefficient (Wildman–Crippen LogP) is 4.41. The van der Waals surface area contributed by atoms with E-state index in [-0.39, 0.29) is 0 Å². The summed E-state index contributed by atoms with van der Waals surface area (Å²) < 4.78 is 0. The predicted molar refractivity (Wildman–Crippen MR) is 75.6 cm³/mol. The van der Waals surface area contributed by atoms with Crippen LogP contribution in [0.4, 0.5) is 5.69 Å². The molecule has 0 aliphatic heterocycles. The minimum Gasteiger partial charge on any atom is -0.385 e. The van der Waals surface area contributed by atoms with Crippen molar-refractivity contribution in [3.8, 4) is 0 Å². The van der Waals surface area contributed by atoms with Gasteiger partial charge in [-0.2, -0.15) is 0 Å². The van der Waals surface area contributed by atoms with Gasteiger partial charge in [0, 0.05) is 12.2 Å². The lowest BCUT2D eigenvalue weighted by molar-refractivity contribution is 0.389. The van der Waals surface area contributed by atoms with E-state index in [1.807, 2.05) is 0 Å². The van der Waals surface area contributed by atoms with Crippen LogP contribution in [0.5, 0.6) is 0 Å². The molecule has 0 unspecified atom stereocenters. The summed E-state index contributed by atoms with van der Waals surface area (Å²) in [6.45, 7) is 7.99. The van der Waals surface area contributed by atoms with E-state index in [1.54, 1.807) is 11.1 Å². The van der Waals surface area contributed by atoms with Crippen molar-refractivity contribution in [1.29, 1.82) is 0 Å². The van der Waals surface area contributed by atoms with E-state index in [0.29, 0.717) is 5.41 Å². The van der Waals surface area contributed by atoms with Gasteiger partial charge in [0.05, 0.1) is 0 Å². The van der Waals surface area contributed by atoms with Crippen molar-refractivity contribution in [3.63, 3.8) is 0 Å². The molecule has 0 saturated heterocycles. The van der Waals surface area contributed by atoms with Gasteiger partial charge in [0.15, 0.2) is 0 Å². The summed E-state index contributed by atoms with van der Waals surface area (Å²) in [5.41, 5.74) is 4.94. The first-order chi connectivity index (χ1) is 8.06. The topological polar surface area (TPSA) is 12.0 Å². The molecule has 1 nitrogen and oxygen atoms in total. The Morgan fingerprint density at radius 3 is 2.65 bits per heavy atom. The second kappa shape index (κ2) is 5.12. The summed E-state index contributed by atoms with van der Waals surface area (Å²) in [5.74, 6) is 0. The standard InChI is InChI=1S/C16H25N/c1-16(2,3)11-12-17-15-10-6-8-13-7-4-5-9-14(13)15/h6,8,10,17H,4-5,7,9,11-12H2,1-3H3. The van der Waals surface area contributed by atoms with Crippen LogP contribution in [0.1, 0.15) is 51.2 Å². The third-order valence-electron chi connectivity index (χ3n) is 3.59. The molecule has 0 spiro atoms. The van der Waals surface area contributed by atoms with Gasteiger partial charge in [-0.25, -0.2) is 0 Å². The Balaban J connectivity index is 2.01. The summed E-state index contributed by atoms with van der Waals surface area (Å²) in [5, 5.41) is 3.63. The van der Waals surface area contributed by atoms with Crippen LogP contribution in [0.2, 0.25) is 0 Å². The van der Waals surface area contributed by atoms with Gasteiger partial charge >= 0.3 is 0 Å². The summed E-state index contributed by atoms with van der Waals surface area (Å²) in [6.07, 6.45) is 6.46. The van der Waals surface area contributed by atoms with Gasteiger partial charge in [0.25, 0.3) is 0 Å². The third-order valence-corrected chi connectivity index (χ3v) is 3.59. The Labute approximate surface area is 106 Å². The smallest absolute Gasteiger partial charge is 0.0375 e. The average molecular weight is 231 g/mol. The molecule has 94 valence electrons. The number of aryl methyl sites for hydroxylation is 1. The Morgan fingerprint density at radius 2 is 1.88 bits per heavy atom. The minimum atomic E-state index is 0.418. The highest BCUT2D eigenvalue weighted by Crippen LogP contribution is 2.28. The summed E-state index contributed by atoms with van der Waals surface area (Å²) in [4.78, 5) is 0. The van der Waals surface area contributed by atoms with Gasteiger partial charge in [-0.05, 0) is 54.7 Å². The second-order valence-electron chi connectivity index (χ2n) is 6.39. The van der Waals surface area contributed by atoms with Crippen LogP contribution in [-0.4, -0.2) is 6.54 Å². The first-order valence-corrected chi connectivity index (χ1v) is 6.91. The van der Waals surface area contributed by atoms with E-state index in [4.69, 9.17) is 0 Å². The van der Waals surface area contributed by atoms with Crippen LogP contribution >= 0.6 is 0 Å². The lowest BCUT2D eigenvalue weighted by atomic mass is 9.90. The van der Waals surface area contributed by atoms with Crippen molar-refractivity contribution in [2.75, 3.05) is 11.9 Å². The van der Waals surface area contributed by atoms with Crippen LogP contribution in [0.3, 0.4) is 0 Å². The van der Waals surface area contributed by atoms with Crippen LogP contribution in [-0.2, 0) is 12.8 Å². The minimum absolute atomic E-state index is 0.418. The van der Waals surface area contributed by atoms with Crippen molar-refractivity contribution in [2.45, 2.75) is 52.9 Å². The van der Waals surface area contributed by atoms with Gasteiger partial charge in [-0.15, -0.1) is 0 Å².